The zero-order valence-electron chi connectivity index (χ0n) is 19.9. The van der Waals surface area contributed by atoms with Crippen molar-refractivity contribution in [2.75, 3.05) is 0 Å². The van der Waals surface area contributed by atoms with Crippen molar-refractivity contribution in [2.45, 2.75) is 81.2 Å². The molecule has 0 amide bonds. The molecule has 0 unspecified atom stereocenters. The molecule has 1 aromatic heterocycles. The first kappa shape index (κ1) is 25.4. The monoisotopic (exact) mass is 499 g/mol. The number of thiazole rings is 1. The maximum absolute atomic E-state index is 11.1. The molecule has 0 bridgehead atoms. The molecule has 1 N–H and O–H groups in total. The summed E-state index contributed by atoms with van der Waals surface area (Å²) in [4.78, 5) is 4.68. The molecular formula is C27H33NO4S2. The molecule has 1 saturated heterocycles. The van der Waals surface area contributed by atoms with Crippen LogP contribution in [0.1, 0.15) is 45.6 Å². The Kier molecular flexibility index (Phi) is 8.80. The number of unbranched alkanes of at least 4 members (excludes halogenated alkanes) is 1. The molecule has 0 spiro atoms. The summed E-state index contributed by atoms with van der Waals surface area (Å²) in [5.41, 5.74) is 2.07. The molecular weight excluding hydrogens is 466 g/mol. The summed E-state index contributed by atoms with van der Waals surface area (Å²) >= 11 is 3.24. The van der Waals surface area contributed by atoms with E-state index in [-0.39, 0.29) is 6.10 Å². The molecule has 0 radical (unpaired) electrons. The van der Waals surface area contributed by atoms with Crippen molar-refractivity contribution in [1.82, 2.24) is 4.98 Å². The number of aliphatic hydroxyl groups is 1. The van der Waals surface area contributed by atoms with Gasteiger partial charge in [0, 0.05) is 0 Å². The largest absolute Gasteiger partial charge is 0.390 e. The molecule has 182 valence electrons. The molecule has 34 heavy (non-hydrogen) atoms. The van der Waals surface area contributed by atoms with E-state index in [0.29, 0.717) is 13.0 Å². The normalized spacial score (nSPS) is 21.9. The van der Waals surface area contributed by atoms with Crippen LogP contribution in [0.25, 0.3) is 10.2 Å². The quantitative estimate of drug-likeness (QED) is 0.302. The van der Waals surface area contributed by atoms with Gasteiger partial charge in [0.25, 0.3) is 0 Å². The minimum absolute atomic E-state index is 0.339. The fourth-order valence-corrected chi connectivity index (χ4v) is 5.89. The second-order valence-corrected chi connectivity index (χ2v) is 11.1. The molecule has 1 aliphatic heterocycles. The summed E-state index contributed by atoms with van der Waals surface area (Å²) in [5.74, 6) is -0.765. The Balaban J connectivity index is 1.49. The van der Waals surface area contributed by atoms with E-state index in [1.54, 1.807) is 23.1 Å². The van der Waals surface area contributed by atoms with Gasteiger partial charge in [-0.1, -0.05) is 74.0 Å². The second kappa shape index (κ2) is 11.8. The Morgan fingerprint density at radius 1 is 1.15 bits per heavy atom. The lowest BCUT2D eigenvalue weighted by molar-refractivity contribution is -0.172. The van der Waals surface area contributed by atoms with Crippen LogP contribution in [0, 0.1) is 0 Å². The number of nitrogens with zero attached hydrogens (tertiary/aromatic N) is 1. The number of ether oxygens (including phenoxy) is 3. The molecule has 5 nitrogen and oxygen atoms in total. The Morgan fingerprint density at radius 3 is 2.68 bits per heavy atom. The summed E-state index contributed by atoms with van der Waals surface area (Å²) in [6.45, 7) is 6.34. The summed E-state index contributed by atoms with van der Waals surface area (Å²) < 4.78 is 20.9. The molecule has 1 fully saturated rings. The van der Waals surface area contributed by atoms with E-state index in [9.17, 15) is 5.11 Å². The van der Waals surface area contributed by atoms with E-state index in [1.165, 1.54) is 4.70 Å². The number of para-hydroxylation sites is 1. The number of aliphatic hydroxyl groups excluding tert-OH is 1. The number of hydrogen-bond donors (Lipinski definition) is 1. The van der Waals surface area contributed by atoms with Crippen LogP contribution in [0.3, 0.4) is 0 Å². The van der Waals surface area contributed by atoms with E-state index >= 15 is 0 Å². The van der Waals surface area contributed by atoms with E-state index < -0.39 is 24.1 Å². The fraction of sp³-hybridized carbons (Fsp3) is 0.444. The van der Waals surface area contributed by atoms with Gasteiger partial charge in [-0.05, 0) is 49.4 Å². The Bertz CT molecular complexity index is 1040. The van der Waals surface area contributed by atoms with Gasteiger partial charge >= 0.3 is 0 Å². The molecule has 3 aromatic rings. The number of thioether (sulfide) groups is 1. The Hall–Kier alpha value is -1.74. The van der Waals surface area contributed by atoms with Crippen LogP contribution >= 0.6 is 23.1 Å². The fourth-order valence-electron chi connectivity index (χ4n) is 4.07. The summed E-state index contributed by atoms with van der Waals surface area (Å²) in [7, 11) is 0. The molecule has 7 heteroatoms. The molecule has 1 aliphatic rings. The van der Waals surface area contributed by atoms with Gasteiger partial charge in [0.2, 0.25) is 0 Å². The minimum atomic E-state index is -0.765. The third-order valence-corrected chi connectivity index (χ3v) is 7.67. The van der Waals surface area contributed by atoms with Crippen molar-refractivity contribution in [3.8, 4) is 0 Å². The zero-order chi connectivity index (χ0) is 24.0. The number of benzene rings is 2. The summed E-state index contributed by atoms with van der Waals surface area (Å²) in [6, 6.07) is 18.2. The van der Waals surface area contributed by atoms with Crippen molar-refractivity contribution in [1.29, 1.82) is 0 Å². The maximum Gasteiger partial charge on any atom is 0.164 e. The van der Waals surface area contributed by atoms with Crippen LogP contribution in [-0.2, 0) is 20.8 Å². The van der Waals surface area contributed by atoms with Gasteiger partial charge in [0.05, 0.1) is 22.9 Å². The van der Waals surface area contributed by atoms with Gasteiger partial charge in [-0.3, -0.25) is 0 Å². The molecule has 4 atom stereocenters. The van der Waals surface area contributed by atoms with E-state index in [0.717, 1.165) is 28.3 Å². The average Bonchev–Trinajstić information content (AvgIpc) is 3.38. The van der Waals surface area contributed by atoms with Crippen molar-refractivity contribution in [3.05, 3.63) is 71.6 Å². The first-order chi connectivity index (χ1) is 16.4. The standard InChI is InChI=1S/C27H33NO4S2/c1-4-5-14-21(29)24(30-18-19-11-7-6-8-12-19)25-22(31-27(2,3)32-25)16-17-33-26-28-20-13-9-10-15-23(20)34-26/h6-13,15-17,21-22,24-25,29H,4-5,14,18H2,1-3H3/b17-16+/t21-,22+,24+,25+/m1/s1. The molecule has 0 saturated carbocycles. The van der Waals surface area contributed by atoms with E-state index in [1.807, 2.05) is 73.9 Å². The first-order valence-electron chi connectivity index (χ1n) is 11.8. The lowest BCUT2D eigenvalue weighted by Crippen LogP contribution is -2.44. The Morgan fingerprint density at radius 2 is 1.91 bits per heavy atom. The second-order valence-electron chi connectivity index (χ2n) is 8.93. The zero-order valence-corrected chi connectivity index (χ0v) is 21.6. The third kappa shape index (κ3) is 6.68. The summed E-state index contributed by atoms with van der Waals surface area (Å²) in [6.07, 6.45) is 2.70. The third-order valence-electron chi connectivity index (χ3n) is 5.72. The Labute approximate surface area is 210 Å². The number of hydrogen-bond acceptors (Lipinski definition) is 7. The predicted octanol–water partition coefficient (Wildman–Crippen LogP) is 6.56. The highest BCUT2D eigenvalue weighted by atomic mass is 32.2. The number of aromatic nitrogens is 1. The van der Waals surface area contributed by atoms with Crippen molar-refractivity contribution < 1.29 is 19.3 Å². The highest BCUT2D eigenvalue weighted by Gasteiger charge is 2.46. The molecule has 4 rings (SSSR count). The van der Waals surface area contributed by atoms with Crippen LogP contribution in [0.15, 0.2) is 70.4 Å². The predicted molar refractivity (Wildman–Crippen MR) is 139 cm³/mol. The average molecular weight is 500 g/mol. The lowest BCUT2D eigenvalue weighted by atomic mass is 9.98. The van der Waals surface area contributed by atoms with E-state index in [4.69, 9.17) is 14.2 Å². The molecule has 0 aliphatic carbocycles. The van der Waals surface area contributed by atoms with Gasteiger partial charge in [-0.2, -0.15) is 0 Å². The van der Waals surface area contributed by atoms with Gasteiger partial charge in [0.15, 0.2) is 10.1 Å². The van der Waals surface area contributed by atoms with Crippen molar-refractivity contribution in [2.24, 2.45) is 0 Å². The van der Waals surface area contributed by atoms with Crippen LogP contribution in [0.4, 0.5) is 0 Å². The first-order valence-corrected chi connectivity index (χ1v) is 13.5. The highest BCUT2D eigenvalue weighted by molar-refractivity contribution is 8.03. The minimum Gasteiger partial charge on any atom is -0.390 e. The van der Waals surface area contributed by atoms with E-state index in [2.05, 4.69) is 18.0 Å². The molecule has 2 heterocycles. The molecule has 2 aromatic carbocycles. The van der Waals surface area contributed by atoms with Crippen molar-refractivity contribution >= 4 is 33.3 Å². The number of rotatable bonds is 11. The van der Waals surface area contributed by atoms with Gasteiger partial charge in [-0.15, -0.1) is 11.3 Å². The SMILES string of the molecule is CCCC[C@@H](O)[C@H](OCc1ccccc1)[C@H]1OC(C)(C)O[C@H]1/C=C/Sc1nc2ccccc2s1. The topological polar surface area (TPSA) is 60.8 Å². The van der Waals surface area contributed by atoms with Crippen LogP contribution in [0.2, 0.25) is 0 Å². The highest BCUT2D eigenvalue weighted by Crippen LogP contribution is 2.35. The van der Waals surface area contributed by atoms with Crippen molar-refractivity contribution in [3.63, 3.8) is 0 Å². The van der Waals surface area contributed by atoms with Gasteiger partial charge in [0.1, 0.15) is 18.3 Å². The maximum atomic E-state index is 11.1. The van der Waals surface area contributed by atoms with Crippen LogP contribution in [0.5, 0.6) is 0 Å². The van der Waals surface area contributed by atoms with Crippen LogP contribution in [-0.4, -0.2) is 40.3 Å². The lowest BCUT2D eigenvalue weighted by Gasteiger charge is -2.30. The summed E-state index contributed by atoms with van der Waals surface area (Å²) in [5, 5.41) is 13.1. The van der Waals surface area contributed by atoms with Crippen LogP contribution < -0.4 is 0 Å². The van der Waals surface area contributed by atoms with Gasteiger partial charge < -0.3 is 19.3 Å². The number of fused-ring (bicyclic) bond motifs is 1. The smallest absolute Gasteiger partial charge is 0.164 e. The van der Waals surface area contributed by atoms with Gasteiger partial charge in [-0.25, -0.2) is 4.98 Å².